The molecule has 0 aliphatic rings. The van der Waals surface area contributed by atoms with E-state index >= 15 is 0 Å². The monoisotopic (exact) mass is 296 g/mol. The zero-order chi connectivity index (χ0) is 14.6. The Kier molecular flexibility index (Phi) is 2.49. The van der Waals surface area contributed by atoms with E-state index in [2.05, 4.69) is 15.1 Å². The summed E-state index contributed by atoms with van der Waals surface area (Å²) in [5.41, 5.74) is 2.41. The number of hydrogen-bond acceptors (Lipinski definition) is 4. The van der Waals surface area contributed by atoms with Crippen LogP contribution in [0.25, 0.3) is 27.3 Å². The molecule has 3 aromatic heterocycles. The molecule has 3 heterocycles. The van der Waals surface area contributed by atoms with Crippen LogP contribution in [0.15, 0.2) is 35.1 Å². The fourth-order valence-corrected chi connectivity index (χ4v) is 3.51. The molecule has 4 aromatic rings. The van der Waals surface area contributed by atoms with Crippen LogP contribution in [0.1, 0.15) is 10.4 Å². The second kappa shape index (κ2) is 4.26. The molecule has 1 aromatic carbocycles. The summed E-state index contributed by atoms with van der Waals surface area (Å²) >= 11 is 1.58. The zero-order valence-electron chi connectivity index (χ0n) is 11.5. The Morgan fingerprint density at radius 3 is 2.71 bits per heavy atom. The number of aryl methyl sites for hydroxylation is 2. The van der Waals surface area contributed by atoms with Crippen molar-refractivity contribution in [2.75, 3.05) is 0 Å². The van der Waals surface area contributed by atoms with E-state index < -0.39 is 0 Å². The third-order valence-electron chi connectivity index (χ3n) is 3.66. The lowest BCUT2D eigenvalue weighted by molar-refractivity contribution is 0.887. The summed E-state index contributed by atoms with van der Waals surface area (Å²) in [5, 5.41) is 5.33. The number of thiophene rings is 1. The molecule has 0 spiro atoms. The van der Waals surface area contributed by atoms with Gasteiger partial charge in [0.25, 0.3) is 0 Å². The van der Waals surface area contributed by atoms with E-state index in [0.717, 1.165) is 21.3 Å². The molecule has 0 radical (unpaired) electrons. The third kappa shape index (κ3) is 1.72. The van der Waals surface area contributed by atoms with Gasteiger partial charge < -0.3 is 0 Å². The third-order valence-corrected chi connectivity index (χ3v) is 4.78. The number of nitrogens with zero attached hydrogens (tertiary/aromatic N) is 3. The van der Waals surface area contributed by atoms with Gasteiger partial charge in [-0.2, -0.15) is 4.52 Å². The second-order valence-electron chi connectivity index (χ2n) is 4.95. The van der Waals surface area contributed by atoms with Gasteiger partial charge in [-0.1, -0.05) is 30.3 Å². The van der Waals surface area contributed by atoms with Crippen molar-refractivity contribution in [3.05, 3.63) is 51.3 Å². The van der Waals surface area contributed by atoms with E-state index in [1.807, 2.05) is 44.2 Å². The van der Waals surface area contributed by atoms with Gasteiger partial charge in [-0.3, -0.25) is 4.98 Å². The Balaban J connectivity index is 2.14. The van der Waals surface area contributed by atoms with Gasteiger partial charge in [0.2, 0.25) is 0 Å². The van der Waals surface area contributed by atoms with Gasteiger partial charge in [-0.15, -0.1) is 16.4 Å². The molecule has 0 saturated carbocycles. The topological polar surface area (TPSA) is 63.0 Å². The molecule has 0 saturated heterocycles. The molecule has 1 N–H and O–H groups in total. The van der Waals surface area contributed by atoms with Gasteiger partial charge in [-0.25, -0.2) is 9.78 Å². The fraction of sp³-hybridized carbons (Fsp3) is 0.133. The molecule has 0 unspecified atom stereocenters. The molecule has 0 atom stereocenters. The highest BCUT2D eigenvalue weighted by Crippen LogP contribution is 2.30. The van der Waals surface area contributed by atoms with Crippen molar-refractivity contribution < 1.29 is 0 Å². The van der Waals surface area contributed by atoms with Crippen LogP contribution in [0.5, 0.6) is 0 Å². The molecule has 4 rings (SSSR count). The summed E-state index contributed by atoms with van der Waals surface area (Å²) in [6, 6.07) is 9.68. The first-order valence-corrected chi connectivity index (χ1v) is 7.41. The summed E-state index contributed by atoms with van der Waals surface area (Å²) in [4.78, 5) is 21.7. The average molecular weight is 296 g/mol. The van der Waals surface area contributed by atoms with Crippen LogP contribution >= 0.6 is 11.3 Å². The highest BCUT2D eigenvalue weighted by atomic mass is 32.1. The van der Waals surface area contributed by atoms with Crippen molar-refractivity contribution in [1.29, 1.82) is 0 Å². The van der Waals surface area contributed by atoms with Crippen molar-refractivity contribution in [3.63, 3.8) is 0 Å². The van der Waals surface area contributed by atoms with E-state index in [0.29, 0.717) is 11.5 Å². The fourth-order valence-electron chi connectivity index (χ4n) is 2.46. The molecule has 6 heteroatoms. The highest BCUT2D eigenvalue weighted by Gasteiger charge is 2.16. The molecule has 0 fully saturated rings. The van der Waals surface area contributed by atoms with Crippen molar-refractivity contribution >= 4 is 27.2 Å². The van der Waals surface area contributed by atoms with Crippen LogP contribution in [-0.4, -0.2) is 19.6 Å². The van der Waals surface area contributed by atoms with Crippen molar-refractivity contribution in [3.8, 4) is 11.4 Å². The van der Waals surface area contributed by atoms with Gasteiger partial charge in [0, 0.05) is 10.4 Å². The number of aromatic amines is 1. The average Bonchev–Trinajstić information content (AvgIpc) is 3.03. The predicted octanol–water partition coefficient (Wildman–Crippen LogP) is 2.92. The first-order valence-electron chi connectivity index (χ1n) is 6.59. The van der Waals surface area contributed by atoms with Gasteiger partial charge in [-0.05, 0) is 19.4 Å². The van der Waals surface area contributed by atoms with E-state index in [1.54, 1.807) is 11.3 Å². The number of fused-ring (bicyclic) bond motifs is 3. The number of hydrogen-bond donors (Lipinski definition) is 1. The van der Waals surface area contributed by atoms with Gasteiger partial charge in [0.05, 0.1) is 5.39 Å². The minimum Gasteiger partial charge on any atom is -0.297 e. The number of nitrogens with one attached hydrogen (secondary N) is 1. The predicted molar refractivity (Wildman–Crippen MR) is 83.9 cm³/mol. The van der Waals surface area contributed by atoms with Gasteiger partial charge >= 0.3 is 5.69 Å². The lowest BCUT2D eigenvalue weighted by atomic mass is 10.2. The molecule has 104 valence electrons. The van der Waals surface area contributed by atoms with Crippen LogP contribution in [0, 0.1) is 13.8 Å². The summed E-state index contributed by atoms with van der Waals surface area (Å²) < 4.78 is 1.35. The van der Waals surface area contributed by atoms with E-state index in [4.69, 9.17) is 0 Å². The maximum Gasteiger partial charge on any atom is 0.349 e. The summed E-state index contributed by atoms with van der Waals surface area (Å²) in [6.45, 7) is 4.09. The molecule has 0 aliphatic carbocycles. The largest absolute Gasteiger partial charge is 0.349 e. The zero-order valence-corrected chi connectivity index (χ0v) is 12.4. The van der Waals surface area contributed by atoms with Gasteiger partial charge in [0.1, 0.15) is 4.83 Å². The van der Waals surface area contributed by atoms with Crippen LogP contribution in [0.4, 0.5) is 0 Å². The maximum absolute atomic E-state index is 12.2. The van der Waals surface area contributed by atoms with Crippen LogP contribution in [0.3, 0.4) is 0 Å². The Bertz CT molecular complexity index is 1030. The van der Waals surface area contributed by atoms with E-state index in [9.17, 15) is 4.79 Å². The lowest BCUT2D eigenvalue weighted by Crippen LogP contribution is -2.16. The minimum atomic E-state index is -0.256. The van der Waals surface area contributed by atoms with E-state index in [-0.39, 0.29) is 5.69 Å². The molecule has 0 amide bonds. The quantitative estimate of drug-likeness (QED) is 0.587. The number of benzene rings is 1. The molecule has 0 bridgehead atoms. The normalized spacial score (nSPS) is 11.5. The number of H-pyrrole nitrogens is 1. The highest BCUT2D eigenvalue weighted by molar-refractivity contribution is 7.18. The Morgan fingerprint density at radius 2 is 1.95 bits per heavy atom. The molecular formula is C15H12N4OS. The van der Waals surface area contributed by atoms with Crippen molar-refractivity contribution in [1.82, 2.24) is 19.6 Å². The molecule has 5 nitrogen and oxygen atoms in total. The van der Waals surface area contributed by atoms with Crippen molar-refractivity contribution in [2.45, 2.75) is 13.8 Å². The molecule has 0 aliphatic heterocycles. The van der Waals surface area contributed by atoms with Crippen LogP contribution in [0.2, 0.25) is 0 Å². The summed E-state index contributed by atoms with van der Waals surface area (Å²) in [6.07, 6.45) is 0. The molecule has 21 heavy (non-hydrogen) atoms. The first-order chi connectivity index (χ1) is 10.1. The Morgan fingerprint density at radius 1 is 1.19 bits per heavy atom. The van der Waals surface area contributed by atoms with Crippen LogP contribution < -0.4 is 5.69 Å². The Labute approximate surface area is 123 Å². The smallest absolute Gasteiger partial charge is 0.297 e. The lowest BCUT2D eigenvalue weighted by Gasteiger charge is -1.94. The first kappa shape index (κ1) is 12.3. The van der Waals surface area contributed by atoms with Crippen LogP contribution in [-0.2, 0) is 0 Å². The minimum absolute atomic E-state index is 0.256. The van der Waals surface area contributed by atoms with E-state index in [1.165, 1.54) is 9.39 Å². The number of aromatic nitrogens is 4. The SMILES string of the molecule is Cc1sc2[nH]c(=O)n3nc(-c4ccccc4)nc3c2c1C. The Hall–Kier alpha value is -2.47. The number of rotatable bonds is 1. The molecular weight excluding hydrogens is 284 g/mol. The second-order valence-corrected chi connectivity index (χ2v) is 6.18. The standard InChI is InChI=1S/C15H12N4OS/c1-8-9(2)21-14-11(8)13-16-12(10-6-4-3-5-7-10)18-19(13)15(20)17-14/h3-7H,1-2H3,(H,17,20). The van der Waals surface area contributed by atoms with Crippen molar-refractivity contribution in [2.24, 2.45) is 0 Å². The summed E-state index contributed by atoms with van der Waals surface area (Å²) in [5.74, 6) is 0.567. The summed E-state index contributed by atoms with van der Waals surface area (Å²) in [7, 11) is 0. The van der Waals surface area contributed by atoms with Gasteiger partial charge in [0.15, 0.2) is 11.5 Å². The maximum atomic E-state index is 12.2.